The van der Waals surface area contributed by atoms with Gasteiger partial charge in [-0.15, -0.1) is 11.6 Å². The van der Waals surface area contributed by atoms with E-state index in [1.165, 1.54) is 33.6 Å². The van der Waals surface area contributed by atoms with E-state index in [4.69, 9.17) is 11.6 Å². The second-order valence-electron chi connectivity index (χ2n) is 7.18. The Morgan fingerprint density at radius 2 is 1.81 bits per heavy atom. The summed E-state index contributed by atoms with van der Waals surface area (Å²) in [6.07, 6.45) is 5.77. The van der Waals surface area contributed by atoms with E-state index in [1.54, 1.807) is 0 Å². The molecule has 136 valence electrons. The molecule has 0 aliphatic heterocycles. The van der Waals surface area contributed by atoms with Gasteiger partial charge in [-0.2, -0.15) is 0 Å². The van der Waals surface area contributed by atoms with E-state index in [1.807, 2.05) is 12.4 Å². The van der Waals surface area contributed by atoms with Crippen LogP contribution in [0.1, 0.15) is 48.6 Å². The first-order valence-corrected chi connectivity index (χ1v) is 9.87. The van der Waals surface area contributed by atoms with Gasteiger partial charge in [0.15, 0.2) is 0 Å². The molecule has 0 aliphatic carbocycles. The van der Waals surface area contributed by atoms with Crippen molar-refractivity contribution in [1.29, 1.82) is 0 Å². The lowest BCUT2D eigenvalue weighted by Crippen LogP contribution is -2.05. The van der Waals surface area contributed by atoms with Crippen LogP contribution in [0.4, 0.5) is 0 Å². The van der Waals surface area contributed by atoms with E-state index in [2.05, 4.69) is 72.8 Å². The first kappa shape index (κ1) is 18.7. The third-order valence-corrected chi connectivity index (χ3v) is 5.11. The highest BCUT2D eigenvalue weighted by Gasteiger charge is 2.17. The minimum absolute atomic E-state index is 0.480. The van der Waals surface area contributed by atoms with Gasteiger partial charge in [-0.05, 0) is 72.2 Å². The van der Waals surface area contributed by atoms with Gasteiger partial charge in [0, 0.05) is 30.5 Å². The maximum absolute atomic E-state index is 5.88. The van der Waals surface area contributed by atoms with Gasteiger partial charge in [-0.1, -0.05) is 32.0 Å². The molecular formula is C23H27ClN2. The molecule has 0 aliphatic rings. The van der Waals surface area contributed by atoms with E-state index in [0.717, 1.165) is 19.4 Å². The molecule has 0 amide bonds. The summed E-state index contributed by atoms with van der Waals surface area (Å²) in [5, 5.41) is 0. The maximum atomic E-state index is 5.88. The van der Waals surface area contributed by atoms with E-state index >= 15 is 0 Å². The minimum atomic E-state index is 0.480. The average Bonchev–Trinajstić information content (AvgIpc) is 2.98. The Bertz CT molecular complexity index is 850. The molecular weight excluding hydrogens is 340 g/mol. The average molecular weight is 367 g/mol. The Morgan fingerprint density at radius 3 is 2.50 bits per heavy atom. The maximum Gasteiger partial charge on any atom is 0.0520 e. The van der Waals surface area contributed by atoms with Crippen molar-refractivity contribution < 1.29 is 0 Å². The summed E-state index contributed by atoms with van der Waals surface area (Å²) in [6, 6.07) is 15.5. The number of benzene rings is 1. The number of alkyl halides is 1. The fraction of sp³-hybridized carbons (Fsp3) is 0.348. The van der Waals surface area contributed by atoms with E-state index in [-0.39, 0.29) is 0 Å². The zero-order valence-corrected chi connectivity index (χ0v) is 16.6. The summed E-state index contributed by atoms with van der Waals surface area (Å²) in [5.41, 5.74) is 7.96. The number of nitrogens with zero attached hydrogens (tertiary/aromatic N) is 2. The topological polar surface area (TPSA) is 17.8 Å². The summed E-state index contributed by atoms with van der Waals surface area (Å²) in [7, 11) is 0. The van der Waals surface area contributed by atoms with Crippen LogP contribution in [0.2, 0.25) is 0 Å². The fourth-order valence-electron chi connectivity index (χ4n) is 3.49. The van der Waals surface area contributed by atoms with E-state index in [9.17, 15) is 0 Å². The summed E-state index contributed by atoms with van der Waals surface area (Å²) >= 11 is 5.88. The van der Waals surface area contributed by atoms with E-state index < -0.39 is 0 Å². The second kappa shape index (κ2) is 8.55. The second-order valence-corrected chi connectivity index (χ2v) is 7.56. The van der Waals surface area contributed by atoms with Crippen LogP contribution in [0.25, 0.3) is 11.3 Å². The van der Waals surface area contributed by atoms with Crippen LogP contribution in [0.15, 0.2) is 54.9 Å². The molecule has 1 aromatic carbocycles. The van der Waals surface area contributed by atoms with Crippen molar-refractivity contribution in [2.45, 2.75) is 46.1 Å². The summed E-state index contributed by atoms with van der Waals surface area (Å²) in [4.78, 5) is 4.14. The quantitative estimate of drug-likeness (QED) is 0.455. The third-order valence-electron chi connectivity index (χ3n) is 4.85. The third kappa shape index (κ3) is 4.19. The van der Waals surface area contributed by atoms with Crippen LogP contribution in [-0.2, 0) is 13.0 Å². The Balaban J connectivity index is 2.07. The number of aromatic nitrogens is 2. The van der Waals surface area contributed by atoms with Crippen molar-refractivity contribution in [3.05, 3.63) is 77.2 Å². The van der Waals surface area contributed by atoms with Gasteiger partial charge in [-0.3, -0.25) is 4.98 Å². The molecule has 2 heterocycles. The zero-order chi connectivity index (χ0) is 18.5. The van der Waals surface area contributed by atoms with Crippen molar-refractivity contribution in [2.75, 3.05) is 5.88 Å². The minimum Gasteiger partial charge on any atom is -0.340 e. The van der Waals surface area contributed by atoms with Gasteiger partial charge >= 0.3 is 0 Å². The molecule has 0 N–H and O–H groups in total. The lowest BCUT2D eigenvalue weighted by atomic mass is 9.97. The highest BCUT2D eigenvalue weighted by Crippen LogP contribution is 2.33. The lowest BCUT2D eigenvalue weighted by molar-refractivity contribution is 0.774. The first-order chi connectivity index (χ1) is 12.6. The molecule has 3 rings (SSSR count). The summed E-state index contributed by atoms with van der Waals surface area (Å²) in [6.45, 7) is 7.61. The highest BCUT2D eigenvalue weighted by atomic mass is 35.5. The van der Waals surface area contributed by atoms with Gasteiger partial charge in [-0.25, -0.2) is 0 Å². The monoisotopic (exact) mass is 366 g/mol. The van der Waals surface area contributed by atoms with Crippen LogP contribution < -0.4 is 0 Å². The predicted molar refractivity (Wildman–Crippen MR) is 111 cm³/mol. The first-order valence-electron chi connectivity index (χ1n) is 9.34. The van der Waals surface area contributed by atoms with Gasteiger partial charge in [0.25, 0.3) is 0 Å². The van der Waals surface area contributed by atoms with Gasteiger partial charge in [0.05, 0.1) is 5.69 Å². The van der Waals surface area contributed by atoms with Crippen molar-refractivity contribution in [3.8, 4) is 11.3 Å². The number of hydrogen-bond donors (Lipinski definition) is 0. The smallest absolute Gasteiger partial charge is 0.0520 e. The SMILES string of the molecule is Cc1cc(C(C)C)c(-c2cccc(CCCCl)c2)n1Cc1ccncc1. The van der Waals surface area contributed by atoms with Gasteiger partial charge in [0.2, 0.25) is 0 Å². The lowest BCUT2D eigenvalue weighted by Gasteiger charge is -2.16. The molecule has 3 heteroatoms. The summed E-state index contributed by atoms with van der Waals surface area (Å²) < 4.78 is 2.44. The molecule has 0 radical (unpaired) electrons. The number of hydrogen-bond acceptors (Lipinski definition) is 1. The molecule has 0 saturated heterocycles. The normalized spacial score (nSPS) is 11.3. The Morgan fingerprint density at radius 1 is 1.04 bits per heavy atom. The Kier molecular flexibility index (Phi) is 6.16. The summed E-state index contributed by atoms with van der Waals surface area (Å²) in [5.74, 6) is 1.19. The largest absolute Gasteiger partial charge is 0.340 e. The Labute approximate surface area is 161 Å². The molecule has 0 saturated carbocycles. The van der Waals surface area contributed by atoms with E-state index in [0.29, 0.717) is 11.8 Å². The van der Waals surface area contributed by atoms with Crippen LogP contribution in [0.5, 0.6) is 0 Å². The molecule has 0 spiro atoms. The fourth-order valence-corrected chi connectivity index (χ4v) is 3.62. The molecule has 0 atom stereocenters. The molecule has 26 heavy (non-hydrogen) atoms. The molecule has 2 aromatic heterocycles. The predicted octanol–water partition coefficient (Wildman–Crippen LogP) is 6.20. The number of rotatable bonds is 7. The van der Waals surface area contributed by atoms with Crippen LogP contribution in [0, 0.1) is 6.92 Å². The van der Waals surface area contributed by atoms with Crippen molar-refractivity contribution in [2.24, 2.45) is 0 Å². The standard InChI is InChI=1S/C23H27ClN2/c1-17(2)22-14-18(3)26(16-20-9-12-25-13-10-20)23(22)21-8-4-6-19(15-21)7-5-11-24/h4,6,8-10,12-15,17H,5,7,11,16H2,1-3H3. The van der Waals surface area contributed by atoms with Crippen LogP contribution in [0.3, 0.4) is 0 Å². The number of pyridine rings is 1. The molecule has 0 bridgehead atoms. The number of halogens is 1. The van der Waals surface area contributed by atoms with Crippen molar-refractivity contribution >= 4 is 11.6 Å². The highest BCUT2D eigenvalue weighted by molar-refractivity contribution is 6.17. The number of aryl methyl sites for hydroxylation is 2. The van der Waals surface area contributed by atoms with Gasteiger partial charge in [0.1, 0.15) is 0 Å². The molecule has 0 fully saturated rings. The molecule has 0 unspecified atom stereocenters. The Hall–Kier alpha value is -2.06. The van der Waals surface area contributed by atoms with Crippen LogP contribution in [-0.4, -0.2) is 15.4 Å². The zero-order valence-electron chi connectivity index (χ0n) is 15.9. The van der Waals surface area contributed by atoms with Gasteiger partial charge < -0.3 is 4.57 Å². The molecule has 3 aromatic rings. The molecule has 2 nitrogen and oxygen atoms in total. The van der Waals surface area contributed by atoms with Crippen molar-refractivity contribution in [3.63, 3.8) is 0 Å². The van der Waals surface area contributed by atoms with Crippen LogP contribution >= 0.6 is 11.6 Å². The van der Waals surface area contributed by atoms with Crippen molar-refractivity contribution in [1.82, 2.24) is 9.55 Å².